The van der Waals surface area contributed by atoms with Crippen molar-refractivity contribution in [2.45, 2.75) is 0 Å². The van der Waals surface area contributed by atoms with E-state index in [2.05, 4.69) is 12.1 Å². The molecule has 0 saturated heterocycles. The third-order valence-corrected chi connectivity index (χ3v) is 1.49. The van der Waals surface area contributed by atoms with Crippen LogP contribution in [0.5, 0.6) is 0 Å². The van der Waals surface area contributed by atoms with E-state index in [1.807, 2.05) is 18.2 Å². The molecule has 0 aliphatic heterocycles. The van der Waals surface area contributed by atoms with E-state index in [9.17, 15) is 4.79 Å². The van der Waals surface area contributed by atoms with Crippen LogP contribution in [0.25, 0.3) is 6.08 Å². The minimum absolute atomic E-state index is 0. The molecule has 0 aliphatic carbocycles. The van der Waals surface area contributed by atoms with E-state index in [4.69, 9.17) is 0 Å². The molecule has 0 spiro atoms. The van der Waals surface area contributed by atoms with Crippen LogP contribution in [0.2, 0.25) is 0 Å². The molecule has 0 N–H and O–H groups in total. The van der Waals surface area contributed by atoms with Crippen molar-refractivity contribution in [2.24, 2.45) is 0 Å². The van der Waals surface area contributed by atoms with Crippen molar-refractivity contribution < 1.29 is 37.5 Å². The van der Waals surface area contributed by atoms with Gasteiger partial charge in [-0.05, 0) is 0 Å². The van der Waals surface area contributed by atoms with Crippen molar-refractivity contribution in [2.75, 3.05) is 14.1 Å². The molecule has 0 aromatic heterocycles. The largest absolute Gasteiger partial charge is 0.362 e. The Bertz CT molecular complexity index is 312. The first-order valence-corrected chi connectivity index (χ1v) is 3.98. The number of carbonyl (C=O) groups excluding carboxylic acids is 1. The molecule has 1 aromatic rings. The predicted molar refractivity (Wildman–Crippen MR) is 57.4 cm³/mol. The number of benzene rings is 1. The van der Waals surface area contributed by atoms with Crippen LogP contribution >= 0.6 is 0 Å². The maximum absolute atomic E-state index is 11.1. The van der Waals surface area contributed by atoms with Crippen LogP contribution in [0.4, 0.5) is 0 Å². The van der Waals surface area contributed by atoms with E-state index in [1.54, 1.807) is 26.2 Å². The number of carbonyl (C=O) groups is 1. The fourth-order valence-electron chi connectivity index (χ4n) is 0.766. The Morgan fingerprint density at radius 2 is 2.13 bits per heavy atom. The summed E-state index contributed by atoms with van der Waals surface area (Å²) in [6.45, 7) is 0. The summed E-state index contributed by atoms with van der Waals surface area (Å²) in [5.41, 5.74) is 0.859. The molecule has 1 rings (SSSR count). The second-order valence-electron chi connectivity index (χ2n) is 2.81. The molecule has 2 nitrogen and oxygen atoms in total. The van der Waals surface area contributed by atoms with Gasteiger partial charge in [0.05, 0.1) is 0 Å². The SMILES string of the molecule is CN(C)C(=O)[C-]=Cc1[c-]cccc1.[B].[Y]. The summed E-state index contributed by atoms with van der Waals surface area (Å²) in [7, 11) is 3.38. The Balaban J connectivity index is 0. The van der Waals surface area contributed by atoms with Crippen molar-refractivity contribution in [1.29, 1.82) is 0 Å². The number of amides is 1. The molecule has 0 atom stereocenters. The molecule has 0 heterocycles. The zero-order valence-corrected chi connectivity index (χ0v) is 11.7. The molecule has 1 aromatic carbocycles. The van der Waals surface area contributed by atoms with Crippen molar-refractivity contribution >= 4 is 20.4 Å². The van der Waals surface area contributed by atoms with E-state index in [0.717, 1.165) is 5.56 Å². The van der Waals surface area contributed by atoms with Crippen molar-refractivity contribution in [3.8, 4) is 0 Å². The van der Waals surface area contributed by atoms with Gasteiger partial charge in [0.15, 0.2) is 0 Å². The van der Waals surface area contributed by atoms with Crippen LogP contribution < -0.4 is 0 Å². The van der Waals surface area contributed by atoms with Crippen LogP contribution in [-0.2, 0) is 37.5 Å². The number of nitrogens with zero attached hydrogens (tertiary/aromatic N) is 1. The molecule has 4 heteroatoms. The van der Waals surface area contributed by atoms with Gasteiger partial charge in [-0.25, -0.2) is 18.2 Å². The summed E-state index contributed by atoms with van der Waals surface area (Å²) in [5, 5.41) is 0. The summed E-state index contributed by atoms with van der Waals surface area (Å²) in [4.78, 5) is 12.6. The first-order chi connectivity index (χ1) is 6.20. The van der Waals surface area contributed by atoms with Gasteiger partial charge in [-0.3, -0.25) is 4.79 Å². The zero-order valence-electron chi connectivity index (χ0n) is 8.90. The Labute approximate surface area is 118 Å². The van der Waals surface area contributed by atoms with Gasteiger partial charge in [0.2, 0.25) is 0 Å². The average molecular weight is 273 g/mol. The van der Waals surface area contributed by atoms with Gasteiger partial charge >= 0.3 is 0 Å². The standard InChI is InChI=1S/C11H11NO.B.Y/c1-12(2)11(13)9-8-10-6-4-3-5-7-10;;/h3-6,8H,1-2H3;;/q-2;;. The Kier molecular flexibility index (Phi) is 10.1. The first kappa shape index (κ1) is 17.0. The summed E-state index contributed by atoms with van der Waals surface area (Å²) in [6.07, 6.45) is 4.26. The van der Waals surface area contributed by atoms with Gasteiger partial charge in [0, 0.05) is 55.2 Å². The number of hydrogen-bond donors (Lipinski definition) is 0. The normalized spacial score (nSPS) is 8.93. The molecule has 0 fully saturated rings. The van der Waals surface area contributed by atoms with Crippen LogP contribution in [0, 0.1) is 12.1 Å². The molecule has 0 unspecified atom stereocenters. The summed E-state index contributed by atoms with van der Waals surface area (Å²) < 4.78 is 0. The smallest absolute Gasteiger partial charge is 0.145 e. The van der Waals surface area contributed by atoms with Crippen LogP contribution in [-0.4, -0.2) is 33.3 Å². The van der Waals surface area contributed by atoms with E-state index in [1.165, 1.54) is 4.90 Å². The molecule has 0 aliphatic rings. The van der Waals surface area contributed by atoms with Gasteiger partial charge in [0.25, 0.3) is 0 Å². The predicted octanol–water partition coefficient (Wildman–Crippen LogP) is 1.01. The molecule has 4 radical (unpaired) electrons. The fourth-order valence-corrected chi connectivity index (χ4v) is 0.766. The number of rotatable bonds is 2. The first-order valence-electron chi connectivity index (χ1n) is 3.98. The third kappa shape index (κ3) is 6.64. The molecule has 1 amide bonds. The summed E-state index contributed by atoms with van der Waals surface area (Å²) in [6, 6.07) is 10.4. The molecule has 0 bridgehead atoms. The molecule has 15 heavy (non-hydrogen) atoms. The van der Waals surface area contributed by atoms with Gasteiger partial charge in [-0.2, -0.15) is 12.1 Å². The van der Waals surface area contributed by atoms with Gasteiger partial charge < -0.3 is 16.5 Å². The van der Waals surface area contributed by atoms with Gasteiger partial charge in [-0.15, -0.1) is 6.07 Å². The van der Waals surface area contributed by atoms with E-state index in [0.29, 0.717) is 0 Å². The van der Waals surface area contributed by atoms with Gasteiger partial charge in [0.1, 0.15) is 5.91 Å². The van der Waals surface area contributed by atoms with Crippen LogP contribution in [0.15, 0.2) is 24.3 Å². The van der Waals surface area contributed by atoms with Gasteiger partial charge in [-0.1, -0.05) is 0 Å². The second kappa shape index (κ2) is 8.87. The maximum Gasteiger partial charge on any atom is 0.145 e. The van der Waals surface area contributed by atoms with Crippen molar-refractivity contribution in [3.63, 3.8) is 0 Å². The van der Waals surface area contributed by atoms with Crippen molar-refractivity contribution in [1.82, 2.24) is 4.90 Å². The maximum atomic E-state index is 11.1. The minimum Gasteiger partial charge on any atom is -0.362 e. The number of hydrogen-bond acceptors (Lipinski definition) is 1. The molecular formula is C11H11BNOY-2. The Morgan fingerprint density at radius 3 is 2.60 bits per heavy atom. The van der Waals surface area contributed by atoms with Crippen molar-refractivity contribution in [3.05, 3.63) is 42.0 Å². The quantitative estimate of drug-likeness (QED) is 0.447. The summed E-state index contributed by atoms with van der Waals surface area (Å²) in [5.74, 6) is -0.141. The Morgan fingerprint density at radius 1 is 1.47 bits per heavy atom. The summed E-state index contributed by atoms with van der Waals surface area (Å²) >= 11 is 0. The van der Waals surface area contributed by atoms with Crippen LogP contribution in [0.1, 0.15) is 5.56 Å². The molecule has 74 valence electrons. The van der Waals surface area contributed by atoms with E-state index < -0.39 is 0 Å². The minimum atomic E-state index is -0.141. The fraction of sp³-hybridized carbons (Fsp3) is 0.182. The topological polar surface area (TPSA) is 20.3 Å². The third-order valence-electron chi connectivity index (χ3n) is 1.49. The average Bonchev–Trinajstić information content (AvgIpc) is 2.15. The van der Waals surface area contributed by atoms with E-state index >= 15 is 0 Å². The number of likely N-dealkylation sites (N-methyl/N-ethyl adjacent to an activating group) is 1. The Hall–Kier alpha value is -0.401. The van der Waals surface area contributed by atoms with Crippen LogP contribution in [0.3, 0.4) is 0 Å². The second-order valence-corrected chi connectivity index (χ2v) is 2.81. The monoisotopic (exact) mass is 273 g/mol. The molecule has 0 saturated carbocycles. The molecular weight excluding hydrogens is 262 g/mol. The zero-order chi connectivity index (χ0) is 9.68. The van der Waals surface area contributed by atoms with E-state index in [-0.39, 0.29) is 47.0 Å².